The van der Waals surface area contributed by atoms with Crippen LogP contribution in [0.15, 0.2) is 36.4 Å². The lowest BCUT2D eigenvalue weighted by Crippen LogP contribution is -2.48. The number of methoxy groups -OCH3 is 1. The van der Waals surface area contributed by atoms with Crippen LogP contribution in [0.5, 0.6) is 5.75 Å². The Morgan fingerprint density at radius 2 is 1.66 bits per heavy atom. The van der Waals surface area contributed by atoms with Crippen molar-refractivity contribution in [2.24, 2.45) is 0 Å². The van der Waals surface area contributed by atoms with Gasteiger partial charge in [-0.05, 0) is 51.7 Å². The Labute approximate surface area is 241 Å². The lowest BCUT2D eigenvalue weighted by molar-refractivity contribution is -0.140. The molecule has 0 radical (unpaired) electrons. The van der Waals surface area contributed by atoms with E-state index in [1.807, 2.05) is 36.1 Å². The number of hydrogen-bond acceptors (Lipinski definition) is 4. The molecule has 0 saturated heterocycles. The van der Waals surface area contributed by atoms with Crippen molar-refractivity contribution in [3.05, 3.63) is 64.9 Å². The Morgan fingerprint density at radius 1 is 1.02 bits per heavy atom. The number of ether oxygens (including phenoxy) is 2. The molecule has 1 aliphatic heterocycles. The van der Waals surface area contributed by atoms with Crippen LogP contribution in [0.3, 0.4) is 0 Å². The van der Waals surface area contributed by atoms with Gasteiger partial charge in [0.2, 0.25) is 0 Å². The van der Waals surface area contributed by atoms with Crippen LogP contribution in [0, 0.1) is 11.6 Å². The summed E-state index contributed by atoms with van der Waals surface area (Å²) in [5.41, 5.74) is 1.000. The number of carbonyl (C=O) groups excluding carboxylic acids is 1. The highest BCUT2D eigenvalue weighted by atomic mass is 19.1. The van der Waals surface area contributed by atoms with E-state index in [4.69, 9.17) is 4.74 Å². The van der Waals surface area contributed by atoms with Gasteiger partial charge in [-0.15, -0.1) is 0 Å². The first-order valence-electron chi connectivity index (χ1n) is 14.8. The number of rotatable bonds is 14. The Hall–Kier alpha value is -3.00. The van der Waals surface area contributed by atoms with Crippen LogP contribution in [0.25, 0.3) is 10.9 Å². The van der Waals surface area contributed by atoms with Crippen LogP contribution in [0.4, 0.5) is 13.2 Å². The Kier molecular flexibility index (Phi) is 10.4. The van der Waals surface area contributed by atoms with E-state index in [2.05, 4.69) is 9.72 Å². The van der Waals surface area contributed by atoms with Crippen LogP contribution >= 0.6 is 0 Å². The van der Waals surface area contributed by atoms with Gasteiger partial charge in [0.1, 0.15) is 23.1 Å². The number of esters is 1. The molecule has 1 aliphatic rings. The average molecular weight is 573 g/mol. The minimum atomic E-state index is -1.55. The van der Waals surface area contributed by atoms with Gasteiger partial charge in [-0.3, -0.25) is 9.69 Å². The van der Waals surface area contributed by atoms with Gasteiger partial charge >= 0.3 is 5.97 Å². The molecule has 0 aliphatic carbocycles. The number of nitrogens with zero attached hydrogens (tertiary/aromatic N) is 1. The van der Waals surface area contributed by atoms with Gasteiger partial charge in [-0.1, -0.05) is 50.3 Å². The number of benzene rings is 2. The number of fused-ring (bicyclic) bond motifs is 3. The van der Waals surface area contributed by atoms with E-state index in [0.717, 1.165) is 61.4 Å². The second-order valence-electron chi connectivity index (χ2n) is 11.9. The molecular weight excluding hydrogens is 529 g/mol. The van der Waals surface area contributed by atoms with Gasteiger partial charge in [0.15, 0.2) is 0 Å². The van der Waals surface area contributed by atoms with E-state index in [-0.39, 0.29) is 29.9 Å². The first-order chi connectivity index (χ1) is 19.6. The molecule has 1 aromatic heterocycles. The Balaban J connectivity index is 1.43. The van der Waals surface area contributed by atoms with Crippen molar-refractivity contribution < 1.29 is 27.4 Å². The number of nitrogens with one attached hydrogen (secondary N) is 1. The van der Waals surface area contributed by atoms with Crippen molar-refractivity contribution >= 4 is 16.9 Å². The third-order valence-electron chi connectivity index (χ3n) is 7.92. The van der Waals surface area contributed by atoms with E-state index in [1.165, 1.54) is 33.1 Å². The van der Waals surface area contributed by atoms with Crippen LogP contribution in [-0.2, 0) is 16.0 Å². The fourth-order valence-corrected chi connectivity index (χ4v) is 5.95. The maximum atomic E-state index is 15.7. The van der Waals surface area contributed by atoms with Crippen molar-refractivity contribution in [1.29, 1.82) is 0 Å². The van der Waals surface area contributed by atoms with E-state index < -0.39 is 23.3 Å². The maximum absolute atomic E-state index is 15.7. The molecular formula is C33H43F3N2O3. The SMILES string of the molecule is COC(=O)CCCCCCCCCOc1cc(F)c([C@@H]2c3[nH]c4ccccc4c3C[C@@H](C)N2CC(C)(C)F)c(F)c1. The maximum Gasteiger partial charge on any atom is 0.305 e. The van der Waals surface area contributed by atoms with Gasteiger partial charge in [0.05, 0.1) is 19.8 Å². The molecule has 2 heterocycles. The van der Waals surface area contributed by atoms with Gasteiger partial charge in [0.25, 0.3) is 0 Å². The number of aromatic nitrogens is 1. The third kappa shape index (κ3) is 7.85. The molecule has 4 rings (SSSR count). The standard InChI is InChI=1S/C33H43F3N2O3/c1-22-18-25-24-14-11-12-15-28(24)37-31(25)32(38(22)21-33(2,3)36)30-26(34)19-23(20-27(30)35)41-17-13-9-7-5-6-8-10-16-29(39)40-4/h11-12,14-15,19-20,22,32,37H,5-10,13,16-18,21H2,1-4H3/t22-,32-/m1/s1. The first-order valence-corrected chi connectivity index (χ1v) is 14.8. The minimum absolute atomic E-state index is 0.0377. The lowest BCUT2D eigenvalue weighted by atomic mass is 9.87. The van der Waals surface area contributed by atoms with E-state index in [1.54, 1.807) is 0 Å². The summed E-state index contributed by atoms with van der Waals surface area (Å²) in [6.07, 6.45) is 7.86. The zero-order valence-corrected chi connectivity index (χ0v) is 24.7. The normalized spacial score (nSPS) is 17.5. The predicted molar refractivity (Wildman–Crippen MR) is 156 cm³/mol. The highest BCUT2D eigenvalue weighted by Gasteiger charge is 2.41. The lowest BCUT2D eigenvalue weighted by Gasteiger charge is -2.43. The predicted octanol–water partition coefficient (Wildman–Crippen LogP) is 8.20. The zero-order valence-electron chi connectivity index (χ0n) is 24.7. The largest absolute Gasteiger partial charge is 0.493 e. The van der Waals surface area contributed by atoms with Crippen LogP contribution in [0.1, 0.15) is 95.0 Å². The summed E-state index contributed by atoms with van der Waals surface area (Å²) in [5, 5.41) is 1.03. The monoisotopic (exact) mass is 572 g/mol. The molecule has 0 unspecified atom stereocenters. The van der Waals surface area contributed by atoms with E-state index in [0.29, 0.717) is 25.1 Å². The number of unbranched alkanes of at least 4 members (excludes halogenated alkanes) is 6. The molecule has 2 aromatic carbocycles. The third-order valence-corrected chi connectivity index (χ3v) is 7.92. The fourth-order valence-electron chi connectivity index (χ4n) is 5.95. The fraction of sp³-hybridized carbons (Fsp3) is 0.545. The number of halogens is 3. The van der Waals surface area contributed by atoms with Crippen molar-refractivity contribution in [2.45, 2.75) is 96.3 Å². The van der Waals surface area contributed by atoms with Gasteiger partial charge in [-0.25, -0.2) is 13.2 Å². The minimum Gasteiger partial charge on any atom is -0.493 e. The molecule has 8 heteroatoms. The van der Waals surface area contributed by atoms with Gasteiger partial charge < -0.3 is 14.5 Å². The molecule has 0 bridgehead atoms. The van der Waals surface area contributed by atoms with Crippen molar-refractivity contribution in [3.63, 3.8) is 0 Å². The molecule has 2 atom stereocenters. The summed E-state index contributed by atoms with van der Waals surface area (Å²) in [6.45, 7) is 5.38. The second-order valence-corrected chi connectivity index (χ2v) is 11.9. The molecule has 0 saturated carbocycles. The van der Waals surface area contributed by atoms with Crippen LogP contribution < -0.4 is 4.74 Å². The highest BCUT2D eigenvalue weighted by Crippen LogP contribution is 2.43. The number of aromatic amines is 1. The zero-order chi connectivity index (χ0) is 29.6. The van der Waals surface area contributed by atoms with E-state index in [9.17, 15) is 9.18 Å². The molecule has 1 N–H and O–H groups in total. The number of H-pyrrole nitrogens is 1. The Morgan fingerprint density at radius 3 is 2.32 bits per heavy atom. The van der Waals surface area contributed by atoms with Gasteiger partial charge in [-0.2, -0.15) is 0 Å². The summed E-state index contributed by atoms with van der Waals surface area (Å²) < 4.78 is 56.8. The average Bonchev–Trinajstić information content (AvgIpc) is 3.28. The molecule has 0 amide bonds. The summed E-state index contributed by atoms with van der Waals surface area (Å²) in [6, 6.07) is 9.42. The number of para-hydroxylation sites is 1. The number of carbonyl (C=O) groups is 1. The summed E-state index contributed by atoms with van der Waals surface area (Å²) in [5.74, 6) is -1.40. The number of alkyl halides is 1. The van der Waals surface area contributed by atoms with Crippen LogP contribution in [-0.4, -0.2) is 47.8 Å². The summed E-state index contributed by atoms with van der Waals surface area (Å²) >= 11 is 0. The van der Waals surface area contributed by atoms with Crippen molar-refractivity contribution in [2.75, 3.05) is 20.3 Å². The summed E-state index contributed by atoms with van der Waals surface area (Å²) in [4.78, 5) is 16.4. The van der Waals surface area contributed by atoms with Crippen molar-refractivity contribution in [3.8, 4) is 5.75 Å². The molecule has 224 valence electrons. The molecule has 41 heavy (non-hydrogen) atoms. The quantitative estimate of drug-likeness (QED) is 0.156. The number of hydrogen-bond donors (Lipinski definition) is 1. The first kappa shape index (κ1) is 30.9. The van der Waals surface area contributed by atoms with Crippen molar-refractivity contribution in [1.82, 2.24) is 9.88 Å². The highest BCUT2D eigenvalue weighted by molar-refractivity contribution is 5.85. The van der Waals surface area contributed by atoms with Crippen LogP contribution in [0.2, 0.25) is 0 Å². The second kappa shape index (κ2) is 13.8. The summed E-state index contributed by atoms with van der Waals surface area (Å²) in [7, 11) is 1.40. The smallest absolute Gasteiger partial charge is 0.305 e. The van der Waals surface area contributed by atoms with Gasteiger partial charge in [0, 0.05) is 53.3 Å². The topological polar surface area (TPSA) is 54.6 Å². The molecule has 3 aromatic rings. The van der Waals surface area contributed by atoms with E-state index >= 15 is 8.78 Å². The Bertz CT molecular complexity index is 1290. The molecule has 0 spiro atoms. The molecule has 0 fully saturated rings. The molecule has 5 nitrogen and oxygen atoms in total.